The summed E-state index contributed by atoms with van der Waals surface area (Å²) in [7, 11) is 2.02. The van der Waals surface area contributed by atoms with E-state index in [2.05, 4.69) is 22.4 Å². The fourth-order valence-corrected chi connectivity index (χ4v) is 2.85. The Labute approximate surface area is 133 Å². The smallest absolute Gasteiger partial charge is 0.328 e. The normalized spacial score (nSPS) is 11.0. The average molecular weight is 322 g/mol. The molecule has 0 aliphatic heterocycles. The second kappa shape index (κ2) is 7.29. The van der Waals surface area contributed by atoms with E-state index in [4.69, 9.17) is 16.7 Å². The van der Waals surface area contributed by atoms with Gasteiger partial charge in [-0.05, 0) is 41.6 Å². The Balaban J connectivity index is 2.03. The van der Waals surface area contributed by atoms with E-state index in [0.717, 1.165) is 24.7 Å². The Bertz CT molecular complexity index is 638. The lowest BCUT2D eigenvalue weighted by Gasteiger charge is -2.19. The van der Waals surface area contributed by atoms with E-state index >= 15 is 0 Å². The number of benzene rings is 1. The zero-order chi connectivity index (χ0) is 15.2. The van der Waals surface area contributed by atoms with Crippen LogP contribution in [0.25, 0.3) is 6.08 Å². The maximum Gasteiger partial charge on any atom is 0.328 e. The lowest BCUT2D eigenvalue weighted by molar-refractivity contribution is -0.131. The Hall–Kier alpha value is -1.78. The molecule has 21 heavy (non-hydrogen) atoms. The van der Waals surface area contributed by atoms with Gasteiger partial charge in [0.25, 0.3) is 0 Å². The van der Waals surface area contributed by atoms with E-state index < -0.39 is 5.97 Å². The van der Waals surface area contributed by atoms with Gasteiger partial charge in [0.1, 0.15) is 0 Å². The van der Waals surface area contributed by atoms with Crippen LogP contribution in [0.15, 0.2) is 41.8 Å². The lowest BCUT2D eigenvalue weighted by Crippen LogP contribution is -2.19. The molecule has 0 unspecified atom stereocenters. The molecule has 0 aliphatic carbocycles. The average Bonchev–Trinajstić information content (AvgIpc) is 2.96. The summed E-state index contributed by atoms with van der Waals surface area (Å²) in [5.41, 5.74) is 1.72. The molecule has 1 aromatic heterocycles. The molecule has 0 fully saturated rings. The molecule has 0 saturated heterocycles. The van der Waals surface area contributed by atoms with Crippen molar-refractivity contribution in [3.8, 4) is 0 Å². The topological polar surface area (TPSA) is 40.5 Å². The van der Waals surface area contributed by atoms with Crippen molar-refractivity contribution in [1.29, 1.82) is 0 Å². The molecule has 0 saturated carbocycles. The molecule has 110 valence electrons. The molecule has 2 aromatic rings. The Kier molecular flexibility index (Phi) is 5.42. The molecule has 5 heteroatoms. The van der Waals surface area contributed by atoms with Crippen molar-refractivity contribution in [2.24, 2.45) is 0 Å². The van der Waals surface area contributed by atoms with Crippen LogP contribution >= 0.6 is 22.9 Å². The van der Waals surface area contributed by atoms with Gasteiger partial charge in [-0.3, -0.25) is 0 Å². The van der Waals surface area contributed by atoms with Crippen LogP contribution in [0, 0.1) is 0 Å². The molecule has 0 atom stereocenters. The number of carboxylic acid groups (broad SMARTS) is 1. The first kappa shape index (κ1) is 15.6. The van der Waals surface area contributed by atoms with Crippen molar-refractivity contribution in [2.75, 3.05) is 18.5 Å². The molecular formula is C16H16ClNO2S. The van der Waals surface area contributed by atoms with E-state index in [-0.39, 0.29) is 0 Å². The number of thiophene rings is 1. The van der Waals surface area contributed by atoms with Gasteiger partial charge in [0.2, 0.25) is 0 Å². The fourth-order valence-electron chi connectivity index (χ4n) is 1.91. The molecule has 0 radical (unpaired) electrons. The van der Waals surface area contributed by atoms with E-state index in [0.29, 0.717) is 10.6 Å². The Morgan fingerprint density at radius 3 is 2.86 bits per heavy atom. The highest BCUT2D eigenvalue weighted by molar-refractivity contribution is 7.09. The number of hydrogen-bond acceptors (Lipinski definition) is 3. The lowest BCUT2D eigenvalue weighted by atomic mass is 10.1. The highest BCUT2D eigenvalue weighted by Crippen LogP contribution is 2.24. The number of halogens is 1. The number of hydrogen-bond donors (Lipinski definition) is 1. The molecule has 2 rings (SSSR count). The summed E-state index contributed by atoms with van der Waals surface area (Å²) in [5.74, 6) is -0.983. The largest absolute Gasteiger partial charge is 0.478 e. The van der Waals surface area contributed by atoms with E-state index in [9.17, 15) is 4.79 Å². The van der Waals surface area contributed by atoms with Crippen molar-refractivity contribution >= 4 is 40.7 Å². The minimum atomic E-state index is -0.983. The molecule has 0 aliphatic rings. The third-order valence-corrected chi connectivity index (χ3v) is 4.37. The number of anilines is 1. The van der Waals surface area contributed by atoms with Crippen LogP contribution in [0.3, 0.4) is 0 Å². The van der Waals surface area contributed by atoms with Crippen molar-refractivity contribution in [2.45, 2.75) is 6.42 Å². The zero-order valence-corrected chi connectivity index (χ0v) is 13.2. The van der Waals surface area contributed by atoms with Crippen LogP contribution < -0.4 is 4.90 Å². The van der Waals surface area contributed by atoms with E-state index in [1.54, 1.807) is 11.3 Å². The first-order valence-corrected chi connectivity index (χ1v) is 7.76. The molecule has 0 spiro atoms. The van der Waals surface area contributed by atoms with Gasteiger partial charge in [-0.15, -0.1) is 11.3 Å². The minimum absolute atomic E-state index is 0.549. The molecule has 1 heterocycles. The molecule has 1 N–H and O–H groups in total. The van der Waals surface area contributed by atoms with Gasteiger partial charge in [-0.25, -0.2) is 4.79 Å². The summed E-state index contributed by atoms with van der Waals surface area (Å²) in [4.78, 5) is 14.0. The Morgan fingerprint density at radius 2 is 2.24 bits per heavy atom. The maximum atomic E-state index is 10.5. The summed E-state index contributed by atoms with van der Waals surface area (Å²) < 4.78 is 0. The number of aliphatic carboxylic acids is 1. The number of likely N-dealkylation sites (N-methyl/N-ethyl adjacent to an activating group) is 1. The summed E-state index contributed by atoms with van der Waals surface area (Å²) in [6, 6.07) is 9.82. The predicted octanol–water partition coefficient (Wildman–Crippen LogP) is 4.18. The van der Waals surface area contributed by atoms with Crippen LogP contribution in [-0.4, -0.2) is 24.7 Å². The van der Waals surface area contributed by atoms with Gasteiger partial charge in [0.05, 0.1) is 0 Å². The monoisotopic (exact) mass is 321 g/mol. The van der Waals surface area contributed by atoms with Crippen molar-refractivity contribution in [3.05, 3.63) is 57.3 Å². The predicted molar refractivity (Wildman–Crippen MR) is 89.4 cm³/mol. The molecular weight excluding hydrogens is 306 g/mol. The summed E-state index contributed by atoms with van der Waals surface area (Å²) in [6.45, 7) is 0.904. The Morgan fingerprint density at radius 1 is 1.43 bits per heavy atom. The van der Waals surface area contributed by atoms with Gasteiger partial charge < -0.3 is 10.0 Å². The van der Waals surface area contributed by atoms with Gasteiger partial charge >= 0.3 is 5.97 Å². The van der Waals surface area contributed by atoms with Gasteiger partial charge in [0, 0.05) is 35.3 Å². The van der Waals surface area contributed by atoms with Crippen LogP contribution in [0.1, 0.15) is 10.4 Å². The highest BCUT2D eigenvalue weighted by Gasteiger charge is 2.05. The van der Waals surface area contributed by atoms with Crippen LogP contribution in [0.5, 0.6) is 0 Å². The standard InChI is InChI=1S/C16H16ClNO2S/c1-18(9-8-14-3-2-10-21-14)13-6-4-12(15(17)11-13)5-7-16(19)20/h2-7,10-11H,8-9H2,1H3,(H,19,20)/b7-5+. The number of carboxylic acids is 1. The highest BCUT2D eigenvalue weighted by atomic mass is 35.5. The summed E-state index contributed by atoms with van der Waals surface area (Å²) >= 11 is 7.95. The second-order valence-corrected chi connectivity index (χ2v) is 6.07. The third kappa shape index (κ3) is 4.62. The minimum Gasteiger partial charge on any atom is -0.478 e. The maximum absolute atomic E-state index is 10.5. The van der Waals surface area contributed by atoms with Gasteiger partial charge in [-0.1, -0.05) is 23.7 Å². The van der Waals surface area contributed by atoms with Crippen molar-refractivity contribution in [1.82, 2.24) is 0 Å². The van der Waals surface area contributed by atoms with Crippen molar-refractivity contribution in [3.63, 3.8) is 0 Å². The molecule has 0 bridgehead atoms. The van der Waals surface area contributed by atoms with Gasteiger partial charge in [0.15, 0.2) is 0 Å². The first-order valence-electron chi connectivity index (χ1n) is 6.50. The van der Waals surface area contributed by atoms with E-state index in [1.165, 1.54) is 11.0 Å². The fraction of sp³-hybridized carbons (Fsp3) is 0.188. The number of nitrogens with zero attached hydrogens (tertiary/aromatic N) is 1. The number of carbonyl (C=O) groups is 1. The quantitative estimate of drug-likeness (QED) is 0.811. The van der Waals surface area contributed by atoms with Crippen LogP contribution in [-0.2, 0) is 11.2 Å². The van der Waals surface area contributed by atoms with Gasteiger partial charge in [-0.2, -0.15) is 0 Å². The zero-order valence-electron chi connectivity index (χ0n) is 11.6. The van der Waals surface area contributed by atoms with E-state index in [1.807, 2.05) is 25.2 Å². The summed E-state index contributed by atoms with van der Waals surface area (Å²) in [6.07, 6.45) is 3.58. The summed E-state index contributed by atoms with van der Waals surface area (Å²) in [5, 5.41) is 11.3. The molecule has 1 aromatic carbocycles. The SMILES string of the molecule is CN(CCc1cccs1)c1ccc(/C=C/C(=O)O)c(Cl)c1. The molecule has 3 nitrogen and oxygen atoms in total. The second-order valence-electron chi connectivity index (χ2n) is 4.63. The number of rotatable bonds is 6. The van der Waals surface area contributed by atoms with Crippen molar-refractivity contribution < 1.29 is 9.90 Å². The first-order chi connectivity index (χ1) is 10.1. The molecule has 0 amide bonds. The third-order valence-electron chi connectivity index (χ3n) is 3.10. The van der Waals surface area contributed by atoms with Crippen LogP contribution in [0.4, 0.5) is 5.69 Å². The van der Waals surface area contributed by atoms with Crippen LogP contribution in [0.2, 0.25) is 5.02 Å².